The lowest BCUT2D eigenvalue weighted by Crippen LogP contribution is -2.12. The predicted molar refractivity (Wildman–Crippen MR) is 159 cm³/mol. The molecule has 0 aliphatic carbocycles. The molecule has 0 aliphatic heterocycles. The molecule has 3 aromatic carbocycles. The number of furan rings is 1. The second-order valence-corrected chi connectivity index (χ2v) is 12.2. The van der Waals surface area contributed by atoms with Crippen molar-refractivity contribution in [3.8, 4) is 22.4 Å². The largest absolute Gasteiger partial charge is 0.443 e. The van der Waals surface area contributed by atoms with Crippen molar-refractivity contribution < 1.29 is 4.42 Å². The van der Waals surface area contributed by atoms with Gasteiger partial charge < -0.3 is 4.42 Å². The quantitative estimate of drug-likeness (QED) is 0.251. The second kappa shape index (κ2) is 9.17. The van der Waals surface area contributed by atoms with Gasteiger partial charge in [0.2, 0.25) is 5.71 Å². The highest BCUT2D eigenvalue weighted by molar-refractivity contribution is 5.99. The van der Waals surface area contributed by atoms with E-state index >= 15 is 0 Å². The van der Waals surface area contributed by atoms with Crippen molar-refractivity contribution in [2.45, 2.75) is 74.1 Å². The zero-order valence-corrected chi connectivity index (χ0v) is 23.8. The van der Waals surface area contributed by atoms with E-state index < -0.39 is 0 Å². The first-order chi connectivity index (χ1) is 17.4. The molecule has 2 heteroatoms. The van der Waals surface area contributed by atoms with Gasteiger partial charge in [-0.3, -0.25) is 0 Å². The Kier molecular flexibility index (Phi) is 6.26. The van der Waals surface area contributed by atoms with Crippen molar-refractivity contribution >= 4 is 21.9 Å². The van der Waals surface area contributed by atoms with Crippen LogP contribution < -0.4 is 0 Å². The molecule has 0 spiro atoms. The summed E-state index contributed by atoms with van der Waals surface area (Å²) in [6.07, 6.45) is 1.09. The molecule has 2 heterocycles. The number of hydrogen-bond donors (Lipinski definition) is 0. The van der Waals surface area contributed by atoms with E-state index in [-0.39, 0.29) is 5.41 Å². The summed E-state index contributed by atoms with van der Waals surface area (Å²) in [7, 11) is 0. The Labute approximate surface area is 221 Å². The van der Waals surface area contributed by atoms with Crippen molar-refractivity contribution in [1.29, 1.82) is 0 Å². The first-order valence-electron chi connectivity index (χ1n) is 13.5. The van der Waals surface area contributed by atoms with Crippen LogP contribution in [0.2, 0.25) is 0 Å². The van der Waals surface area contributed by atoms with Crippen LogP contribution in [0.4, 0.5) is 0 Å². The van der Waals surface area contributed by atoms with E-state index in [1.165, 1.54) is 49.7 Å². The van der Waals surface area contributed by atoms with Crippen molar-refractivity contribution in [3.63, 3.8) is 0 Å². The molecule has 2 nitrogen and oxygen atoms in total. The minimum atomic E-state index is 0.0137. The molecular weight excluding hydrogens is 450 g/mol. The highest BCUT2D eigenvalue weighted by Gasteiger charge is 2.22. The van der Waals surface area contributed by atoms with Gasteiger partial charge in [0.05, 0.1) is 11.1 Å². The monoisotopic (exact) mass is 489 g/mol. The van der Waals surface area contributed by atoms with Gasteiger partial charge >= 0.3 is 0 Å². The van der Waals surface area contributed by atoms with Crippen LogP contribution >= 0.6 is 0 Å². The third kappa shape index (κ3) is 4.59. The lowest BCUT2D eigenvalue weighted by atomic mass is 9.82. The Balaban J connectivity index is 1.81. The first-order valence-corrected chi connectivity index (χ1v) is 13.5. The minimum absolute atomic E-state index is 0.0137. The summed E-state index contributed by atoms with van der Waals surface area (Å²) >= 11 is 0. The molecule has 5 aromatic rings. The van der Waals surface area contributed by atoms with Crippen LogP contribution in [0.5, 0.6) is 0 Å². The van der Waals surface area contributed by atoms with E-state index in [1.54, 1.807) is 0 Å². The van der Waals surface area contributed by atoms with Crippen LogP contribution in [-0.2, 0) is 11.8 Å². The smallest absolute Gasteiger partial charge is 0.227 e. The van der Waals surface area contributed by atoms with Crippen molar-refractivity contribution in [2.75, 3.05) is 0 Å². The van der Waals surface area contributed by atoms with Crippen molar-refractivity contribution in [1.82, 2.24) is 4.98 Å². The summed E-state index contributed by atoms with van der Waals surface area (Å²) in [6, 6.07) is 20.3. The highest BCUT2D eigenvalue weighted by atomic mass is 16.3. The average molecular weight is 490 g/mol. The van der Waals surface area contributed by atoms with Gasteiger partial charge in [0.1, 0.15) is 5.76 Å². The number of fused-ring (bicyclic) bond motifs is 2. The van der Waals surface area contributed by atoms with E-state index in [1.807, 2.05) is 6.92 Å². The van der Waals surface area contributed by atoms with Crippen LogP contribution in [0.15, 0.2) is 59.0 Å². The van der Waals surface area contributed by atoms with Gasteiger partial charge in [0.25, 0.3) is 0 Å². The number of benzene rings is 3. The molecule has 190 valence electrons. The summed E-state index contributed by atoms with van der Waals surface area (Å²) in [5.74, 6) is 1.56. The van der Waals surface area contributed by atoms with Gasteiger partial charge in [-0.2, -0.15) is 0 Å². The maximum Gasteiger partial charge on any atom is 0.227 e. The molecule has 0 aliphatic rings. The van der Waals surface area contributed by atoms with Gasteiger partial charge in [-0.15, -0.1) is 0 Å². The first kappa shape index (κ1) is 25.3. The number of hydrogen-bond acceptors (Lipinski definition) is 2. The summed E-state index contributed by atoms with van der Waals surface area (Å²) in [5, 5.41) is 3.67. The Morgan fingerprint density at radius 1 is 0.865 bits per heavy atom. The molecule has 0 saturated carbocycles. The normalized spacial score (nSPS) is 12.3. The lowest BCUT2D eigenvalue weighted by molar-refractivity contribution is 0.565. The summed E-state index contributed by atoms with van der Waals surface area (Å²) in [6.45, 7) is 20.1. The Morgan fingerprint density at radius 3 is 2.19 bits per heavy atom. The van der Waals surface area contributed by atoms with Crippen molar-refractivity contribution in [3.05, 3.63) is 88.2 Å². The maximum absolute atomic E-state index is 6.25. The van der Waals surface area contributed by atoms with E-state index in [9.17, 15) is 0 Å². The lowest BCUT2D eigenvalue weighted by Gasteiger charge is -2.23. The van der Waals surface area contributed by atoms with Crippen LogP contribution in [0.3, 0.4) is 0 Å². The second-order valence-electron chi connectivity index (χ2n) is 12.2. The molecule has 0 N–H and O–H groups in total. The molecule has 2 aromatic heterocycles. The molecule has 5 rings (SSSR count). The molecule has 0 amide bonds. The van der Waals surface area contributed by atoms with Gasteiger partial charge in [-0.1, -0.05) is 71.0 Å². The number of pyridine rings is 1. The Hall–Kier alpha value is -3.39. The molecular formula is C35H39NO. The summed E-state index contributed by atoms with van der Waals surface area (Å²) in [4.78, 5) is 5.09. The fourth-order valence-corrected chi connectivity index (χ4v) is 5.85. The number of aryl methyl sites for hydroxylation is 4. The molecule has 0 radical (unpaired) electrons. The molecule has 0 saturated heterocycles. The topological polar surface area (TPSA) is 26.0 Å². The molecule has 37 heavy (non-hydrogen) atoms. The van der Waals surface area contributed by atoms with Gasteiger partial charge in [-0.25, -0.2) is 4.98 Å². The standard InChI is InChI=1S/C35H39NO/c1-20(2)14-25-15-21(3)32(22(4)16-25)29-19-31(36-34-33(29)23(5)24(6)37-34)27-17-26-12-10-11-13-28(26)30(18-27)35(7,8)9/h10-13,15-20H,14H2,1-9H3. The van der Waals surface area contributed by atoms with Gasteiger partial charge in [-0.05, 0) is 108 Å². The van der Waals surface area contributed by atoms with Gasteiger partial charge in [0.15, 0.2) is 0 Å². The highest BCUT2D eigenvalue weighted by Crippen LogP contribution is 2.41. The van der Waals surface area contributed by atoms with E-state index in [0.29, 0.717) is 5.92 Å². The Morgan fingerprint density at radius 2 is 1.54 bits per heavy atom. The van der Waals surface area contributed by atoms with E-state index in [2.05, 4.69) is 110 Å². The van der Waals surface area contributed by atoms with E-state index in [0.717, 1.165) is 34.5 Å². The predicted octanol–water partition coefficient (Wildman–Crippen LogP) is 10.0. The van der Waals surface area contributed by atoms with E-state index in [4.69, 9.17) is 9.40 Å². The SMILES string of the molecule is Cc1cc(CC(C)C)cc(C)c1-c1cc(-c2cc(C(C)(C)C)c3ccccc3c2)nc2oc(C)c(C)c12. The fraction of sp³-hybridized carbons (Fsp3) is 0.343. The van der Waals surface area contributed by atoms with Crippen LogP contribution in [-0.4, -0.2) is 4.98 Å². The van der Waals surface area contributed by atoms with Crippen LogP contribution in [0, 0.1) is 33.6 Å². The Bertz CT molecular complexity index is 1620. The number of aromatic nitrogens is 1. The number of nitrogens with zero attached hydrogens (tertiary/aromatic N) is 1. The molecule has 0 atom stereocenters. The third-order valence-electron chi connectivity index (χ3n) is 7.61. The number of rotatable bonds is 4. The van der Waals surface area contributed by atoms with Crippen molar-refractivity contribution in [2.24, 2.45) is 5.92 Å². The van der Waals surface area contributed by atoms with Gasteiger partial charge in [0, 0.05) is 11.1 Å². The minimum Gasteiger partial charge on any atom is -0.443 e. The third-order valence-corrected chi connectivity index (χ3v) is 7.61. The summed E-state index contributed by atoms with van der Waals surface area (Å²) in [5.41, 5.74) is 11.9. The molecule has 0 unspecified atom stereocenters. The average Bonchev–Trinajstić information content (AvgIpc) is 3.10. The molecule has 0 fully saturated rings. The fourth-order valence-electron chi connectivity index (χ4n) is 5.85. The van der Waals surface area contributed by atoms with Crippen LogP contribution in [0.25, 0.3) is 44.3 Å². The molecule has 0 bridgehead atoms. The zero-order chi connectivity index (χ0) is 26.6. The summed E-state index contributed by atoms with van der Waals surface area (Å²) < 4.78 is 6.25. The van der Waals surface area contributed by atoms with Crippen LogP contribution in [0.1, 0.15) is 68.2 Å². The maximum atomic E-state index is 6.25. The zero-order valence-electron chi connectivity index (χ0n) is 23.8.